The van der Waals surface area contributed by atoms with Crippen molar-refractivity contribution in [1.29, 1.82) is 0 Å². The van der Waals surface area contributed by atoms with Gasteiger partial charge in [0.25, 0.3) is 0 Å². The van der Waals surface area contributed by atoms with E-state index in [1.165, 1.54) is 44.5 Å². The average Bonchev–Trinajstić information content (AvgIpc) is 3.11. The summed E-state index contributed by atoms with van der Waals surface area (Å²) in [5, 5.41) is 0. The second kappa shape index (κ2) is 17.5. The zero-order valence-corrected chi connectivity index (χ0v) is 44.4. The molecule has 4 aromatic rings. The minimum atomic E-state index is -0.0391. The molecule has 0 aliphatic carbocycles. The third kappa shape index (κ3) is 13.3. The van der Waals surface area contributed by atoms with Crippen molar-refractivity contribution in [2.75, 3.05) is 0 Å². The Bertz CT molecular complexity index is 2090. The molecule has 0 saturated heterocycles. The Labute approximate surface area is 387 Å². The zero-order chi connectivity index (χ0) is 48.1. The van der Waals surface area contributed by atoms with Gasteiger partial charge < -0.3 is 0 Å². The number of hydrogen-bond donors (Lipinski definition) is 0. The summed E-state index contributed by atoms with van der Waals surface area (Å²) in [5.41, 5.74) is 34.1. The lowest BCUT2D eigenvalue weighted by atomic mass is 9.76. The number of rotatable bonds is 4. The first-order chi connectivity index (χ1) is 28.3. The van der Waals surface area contributed by atoms with Gasteiger partial charge >= 0.3 is 0 Å². The minimum Gasteiger partial charge on any atom is -0.0561 e. The Morgan fingerprint density at radius 1 is 0.222 bits per heavy atom. The van der Waals surface area contributed by atoms with Crippen molar-refractivity contribution in [1.82, 2.24) is 0 Å². The number of benzene rings is 4. The third-order valence-corrected chi connectivity index (χ3v) is 12.3. The van der Waals surface area contributed by atoms with Crippen LogP contribution in [0.15, 0.2) is 101 Å². The van der Waals surface area contributed by atoms with Gasteiger partial charge in [0.05, 0.1) is 0 Å². The van der Waals surface area contributed by atoms with E-state index in [1.807, 2.05) is 0 Å². The van der Waals surface area contributed by atoms with Crippen LogP contribution in [-0.2, 0) is 43.3 Å². The summed E-state index contributed by atoms with van der Waals surface area (Å²) in [7, 11) is 0. The van der Waals surface area contributed by atoms with E-state index in [1.54, 1.807) is 0 Å². The maximum atomic E-state index is 3.68. The molecule has 4 aromatic carbocycles. The molecule has 336 valence electrons. The smallest absolute Gasteiger partial charge is 0.0400 e. The van der Waals surface area contributed by atoms with Crippen LogP contribution >= 0.6 is 0 Å². The summed E-state index contributed by atoms with van der Waals surface area (Å²) in [4.78, 5) is 0. The van der Waals surface area contributed by atoms with Crippen molar-refractivity contribution < 1.29 is 0 Å². The second-order valence-electron chi connectivity index (χ2n) is 26.6. The van der Waals surface area contributed by atoms with Crippen molar-refractivity contribution in [2.45, 2.75) is 209 Å². The van der Waals surface area contributed by atoms with Gasteiger partial charge in [-0.2, -0.15) is 0 Å². The fourth-order valence-electron chi connectivity index (χ4n) is 7.39. The van der Waals surface area contributed by atoms with E-state index in [9.17, 15) is 0 Å². The summed E-state index contributed by atoms with van der Waals surface area (Å²) in [6.45, 7) is 55.2. The van der Waals surface area contributed by atoms with E-state index < -0.39 is 0 Å². The van der Waals surface area contributed by atoms with E-state index in [-0.39, 0.29) is 43.3 Å². The molecular formula is C63H84. The summed E-state index contributed by atoms with van der Waals surface area (Å²) in [6.07, 6.45) is 0. The Kier molecular flexibility index (Phi) is 14.2. The van der Waals surface area contributed by atoms with Crippen molar-refractivity contribution in [3.63, 3.8) is 0 Å². The van der Waals surface area contributed by atoms with Crippen LogP contribution in [0.4, 0.5) is 0 Å². The lowest BCUT2D eigenvalue weighted by Gasteiger charge is -2.28. The number of hydrogen-bond acceptors (Lipinski definition) is 0. The van der Waals surface area contributed by atoms with Gasteiger partial charge in [-0.15, -0.1) is 0 Å². The predicted molar refractivity (Wildman–Crippen MR) is 278 cm³/mol. The fourth-order valence-corrected chi connectivity index (χ4v) is 7.39. The molecule has 0 spiro atoms. The quantitative estimate of drug-likeness (QED) is 0.180. The van der Waals surface area contributed by atoms with E-state index >= 15 is 0 Å². The van der Waals surface area contributed by atoms with E-state index in [4.69, 9.17) is 0 Å². The molecule has 63 heavy (non-hydrogen) atoms. The van der Waals surface area contributed by atoms with Crippen molar-refractivity contribution in [2.24, 2.45) is 0 Å². The van der Waals surface area contributed by atoms with Crippen LogP contribution in [0.1, 0.15) is 233 Å². The Morgan fingerprint density at radius 2 is 0.365 bits per heavy atom. The summed E-state index contributed by atoms with van der Waals surface area (Å²) >= 11 is 0. The molecule has 0 aromatic heterocycles. The molecule has 0 bridgehead atoms. The van der Waals surface area contributed by atoms with Crippen LogP contribution in [-0.4, -0.2) is 0 Å². The van der Waals surface area contributed by atoms with Gasteiger partial charge in [-0.3, -0.25) is 0 Å². The summed E-state index contributed by atoms with van der Waals surface area (Å²) in [5.74, 6) is 0. The highest BCUT2D eigenvalue weighted by Gasteiger charge is 2.27. The third-order valence-electron chi connectivity index (χ3n) is 12.3. The van der Waals surface area contributed by atoms with Crippen LogP contribution in [0.5, 0.6) is 0 Å². The van der Waals surface area contributed by atoms with Crippen molar-refractivity contribution in [3.8, 4) is 0 Å². The molecule has 0 unspecified atom stereocenters. The van der Waals surface area contributed by atoms with Crippen LogP contribution < -0.4 is 0 Å². The largest absolute Gasteiger partial charge is 0.0561 e. The van der Waals surface area contributed by atoms with Gasteiger partial charge in [-0.05, 0) is 176 Å². The highest BCUT2D eigenvalue weighted by Crippen LogP contribution is 2.40. The van der Waals surface area contributed by atoms with Crippen molar-refractivity contribution >= 4 is 11.1 Å². The topological polar surface area (TPSA) is 0 Å². The molecule has 0 radical (unpaired) electrons. The van der Waals surface area contributed by atoms with Gasteiger partial charge in [0.1, 0.15) is 0 Å². The maximum absolute atomic E-state index is 3.68. The van der Waals surface area contributed by atoms with Gasteiger partial charge in [0.2, 0.25) is 0 Å². The average molecular weight is 841 g/mol. The molecule has 0 fully saturated rings. The van der Waals surface area contributed by atoms with E-state index in [2.05, 4.69) is 268 Å². The maximum Gasteiger partial charge on any atom is 0.0400 e. The van der Waals surface area contributed by atoms with Gasteiger partial charge in [-0.25, -0.2) is 0 Å². The molecule has 0 atom stereocenters. The molecular weight excluding hydrogens is 757 g/mol. The first-order valence-corrected chi connectivity index (χ1v) is 23.4. The first-order valence-electron chi connectivity index (χ1n) is 23.4. The van der Waals surface area contributed by atoms with Crippen LogP contribution in [0.2, 0.25) is 0 Å². The molecule has 0 N–H and O–H groups in total. The normalized spacial score (nSPS) is 13.1. The van der Waals surface area contributed by atoms with Crippen molar-refractivity contribution in [3.05, 3.63) is 168 Å². The molecule has 0 nitrogen and oxygen atoms in total. The minimum absolute atomic E-state index is 0.0391. The van der Waals surface area contributed by atoms with Gasteiger partial charge in [0.15, 0.2) is 0 Å². The molecule has 0 amide bonds. The SMILES string of the molecule is CC(C)(C)c1cc(C(=C=C=C=C=C=C(c2cc(C(C)(C)C)cc(C(C)(C)C)c2)c2cc(C(C)(C)C)cc(C(C)(C)C)c2)c2cc(C(C)(C)C)cc(C(C)(C)C)c2)cc(C(C)(C)C)c1. The molecule has 4 rings (SSSR count). The summed E-state index contributed by atoms with van der Waals surface area (Å²) in [6, 6.07) is 28.5. The highest BCUT2D eigenvalue weighted by molar-refractivity contribution is 5.82. The van der Waals surface area contributed by atoms with Crippen LogP contribution in [0.3, 0.4) is 0 Å². The standard InChI is InChI=1S/C63H84/c1-56(2,3)46-30-42(31-47(38-46)57(4,5)6)54(43-32-48(58(7,8)9)39-49(33-43)59(10,11)12)28-26-25-27-29-55(44-34-50(60(13,14)15)40-51(35-44)61(16,17)18)45-36-52(62(19,20)21)41-53(37-45)63(22,23)24/h30-41H,1-24H3. The molecule has 0 aliphatic rings. The molecule has 0 heteroatoms. The first kappa shape index (κ1) is 51.2. The predicted octanol–water partition coefficient (Wildman–Crippen LogP) is 17.8. The Morgan fingerprint density at radius 3 is 0.492 bits per heavy atom. The highest BCUT2D eigenvalue weighted by atomic mass is 14.3. The van der Waals surface area contributed by atoms with Crippen LogP contribution in [0.25, 0.3) is 11.1 Å². The monoisotopic (exact) mass is 841 g/mol. The molecule has 0 saturated carbocycles. The Balaban J connectivity index is 2.34. The van der Waals surface area contributed by atoms with E-state index in [0.29, 0.717) is 0 Å². The van der Waals surface area contributed by atoms with E-state index in [0.717, 1.165) is 33.4 Å². The zero-order valence-electron chi connectivity index (χ0n) is 44.4. The Hall–Kier alpha value is -4.48. The fraction of sp³-hybridized carbons (Fsp3) is 0.508. The molecule has 0 aliphatic heterocycles. The lowest BCUT2D eigenvalue weighted by Crippen LogP contribution is -2.18. The molecule has 0 heterocycles. The van der Waals surface area contributed by atoms with Gasteiger partial charge in [-0.1, -0.05) is 202 Å². The lowest BCUT2D eigenvalue weighted by molar-refractivity contribution is 0.567. The van der Waals surface area contributed by atoms with Crippen LogP contribution in [0, 0.1) is 0 Å². The summed E-state index contributed by atoms with van der Waals surface area (Å²) < 4.78 is 0. The van der Waals surface area contributed by atoms with Gasteiger partial charge in [0, 0.05) is 11.1 Å². The second-order valence-corrected chi connectivity index (χ2v) is 26.6.